The molecule has 0 bridgehead atoms. The predicted octanol–water partition coefficient (Wildman–Crippen LogP) is 4.87. The molecule has 0 aliphatic carbocycles. The topological polar surface area (TPSA) is 38.7 Å². The molecule has 0 saturated heterocycles. The van der Waals surface area contributed by atoms with Crippen LogP contribution in [0, 0.1) is 12.7 Å². The molecule has 0 amide bonds. The zero-order valence-corrected chi connectivity index (χ0v) is 13.1. The van der Waals surface area contributed by atoms with Crippen LogP contribution < -0.4 is 0 Å². The van der Waals surface area contributed by atoms with Crippen LogP contribution in [0.5, 0.6) is 0 Å². The highest BCUT2D eigenvalue weighted by molar-refractivity contribution is 7.15. The average Bonchev–Trinajstić information content (AvgIpc) is 2.96. The molecule has 0 radical (unpaired) electrons. The van der Waals surface area contributed by atoms with E-state index in [1.54, 1.807) is 29.8 Å². The van der Waals surface area contributed by atoms with E-state index in [1.165, 1.54) is 12.1 Å². The van der Waals surface area contributed by atoms with Gasteiger partial charge in [0, 0.05) is 18.0 Å². The summed E-state index contributed by atoms with van der Waals surface area (Å²) in [4.78, 5) is 14.3. The van der Waals surface area contributed by atoms with Crippen LogP contribution in [0.25, 0.3) is 32.7 Å². The first kappa shape index (κ1) is 14.0. The molecule has 3 nitrogen and oxygen atoms in total. The lowest BCUT2D eigenvalue weighted by Gasteiger charge is -2.04. The Morgan fingerprint density at radius 1 is 0.913 bits per heavy atom. The summed E-state index contributed by atoms with van der Waals surface area (Å²) in [6.07, 6.45) is 3.36. The molecule has 4 rings (SSSR count). The summed E-state index contributed by atoms with van der Waals surface area (Å²) < 4.78 is 13.6. The summed E-state index contributed by atoms with van der Waals surface area (Å²) in [5, 5.41) is 0.943. The van der Waals surface area contributed by atoms with E-state index < -0.39 is 0 Å². The van der Waals surface area contributed by atoms with Gasteiger partial charge in [-0.1, -0.05) is 18.2 Å². The van der Waals surface area contributed by atoms with E-state index in [2.05, 4.69) is 15.0 Å². The van der Waals surface area contributed by atoms with E-state index in [0.717, 1.165) is 37.7 Å². The summed E-state index contributed by atoms with van der Waals surface area (Å²) in [6, 6.07) is 12.5. The number of hydrogen-bond donors (Lipinski definition) is 0. The van der Waals surface area contributed by atoms with E-state index in [1.807, 2.05) is 31.2 Å². The monoisotopic (exact) mass is 321 g/mol. The first-order chi connectivity index (χ1) is 11.2. The number of nitrogens with zero attached hydrogens (tertiary/aromatic N) is 3. The van der Waals surface area contributed by atoms with Crippen LogP contribution in [0.3, 0.4) is 0 Å². The largest absolute Gasteiger partial charge is 0.253 e. The zero-order valence-electron chi connectivity index (χ0n) is 12.3. The van der Waals surface area contributed by atoms with Crippen molar-refractivity contribution in [1.29, 1.82) is 0 Å². The zero-order chi connectivity index (χ0) is 15.8. The molecule has 0 N–H and O–H groups in total. The molecular weight excluding hydrogens is 309 g/mol. The molecule has 0 atom stereocenters. The molecule has 0 aliphatic heterocycles. The lowest BCUT2D eigenvalue weighted by atomic mass is 10.1. The summed E-state index contributed by atoms with van der Waals surface area (Å²) in [5.74, 6) is -0.261. The second-order valence-electron chi connectivity index (χ2n) is 5.18. The van der Waals surface area contributed by atoms with Crippen molar-refractivity contribution < 1.29 is 4.39 Å². The van der Waals surface area contributed by atoms with Crippen molar-refractivity contribution in [2.45, 2.75) is 6.92 Å². The van der Waals surface area contributed by atoms with Gasteiger partial charge in [0.2, 0.25) is 0 Å². The second-order valence-corrected chi connectivity index (χ2v) is 6.38. The van der Waals surface area contributed by atoms with Crippen molar-refractivity contribution in [1.82, 2.24) is 15.0 Å². The van der Waals surface area contributed by atoms with E-state index in [-0.39, 0.29) is 5.82 Å². The lowest BCUT2D eigenvalue weighted by molar-refractivity contribution is 0.628. The quantitative estimate of drug-likeness (QED) is 0.529. The number of rotatable bonds is 2. The van der Waals surface area contributed by atoms with Gasteiger partial charge in [-0.15, -0.1) is 11.3 Å². The minimum atomic E-state index is -0.261. The van der Waals surface area contributed by atoms with E-state index in [9.17, 15) is 4.39 Å². The van der Waals surface area contributed by atoms with E-state index in [4.69, 9.17) is 0 Å². The maximum Gasteiger partial charge on any atom is 0.123 e. The predicted molar refractivity (Wildman–Crippen MR) is 90.8 cm³/mol. The Hall–Kier alpha value is -2.66. The third-order valence-corrected chi connectivity index (χ3v) is 4.58. The van der Waals surface area contributed by atoms with E-state index >= 15 is 0 Å². The Bertz CT molecular complexity index is 1010. The highest BCUT2D eigenvalue weighted by atomic mass is 32.1. The lowest BCUT2D eigenvalue weighted by Crippen LogP contribution is -1.86. The summed E-state index contributed by atoms with van der Waals surface area (Å²) in [5.41, 5.74) is 4.28. The first-order valence-electron chi connectivity index (χ1n) is 7.15. The van der Waals surface area contributed by atoms with Crippen molar-refractivity contribution in [2.24, 2.45) is 0 Å². The number of benzene rings is 2. The molecule has 0 saturated carbocycles. The van der Waals surface area contributed by atoms with Gasteiger partial charge < -0.3 is 0 Å². The Kier molecular flexibility index (Phi) is 3.35. The molecule has 112 valence electrons. The molecule has 2 aromatic carbocycles. The van der Waals surface area contributed by atoms with Crippen LogP contribution in [-0.2, 0) is 0 Å². The molecule has 0 fully saturated rings. The number of hydrogen-bond acceptors (Lipinski definition) is 4. The first-order valence-corrected chi connectivity index (χ1v) is 7.97. The molecule has 2 heterocycles. The third-order valence-electron chi connectivity index (χ3n) is 3.56. The molecule has 4 aromatic rings. The van der Waals surface area contributed by atoms with Gasteiger partial charge in [0.1, 0.15) is 5.82 Å². The minimum Gasteiger partial charge on any atom is -0.253 e. The van der Waals surface area contributed by atoms with Crippen molar-refractivity contribution in [2.75, 3.05) is 0 Å². The summed E-state index contributed by atoms with van der Waals surface area (Å²) >= 11 is 1.59. The van der Waals surface area contributed by atoms with Crippen LogP contribution in [0.1, 0.15) is 5.01 Å². The standard InChI is InChI=1S/C18H12FN3S/c1-11-22-17(12-3-2-4-14(19)9-12)18(23-11)13-5-6-15-16(10-13)21-8-7-20-15/h2-10H,1H3. The third kappa shape index (κ3) is 2.59. The number of aromatic nitrogens is 3. The van der Waals surface area contributed by atoms with Gasteiger partial charge in [-0.25, -0.2) is 9.37 Å². The van der Waals surface area contributed by atoms with Crippen molar-refractivity contribution in [3.8, 4) is 21.7 Å². The van der Waals surface area contributed by atoms with Gasteiger partial charge in [0.05, 0.1) is 26.6 Å². The highest BCUT2D eigenvalue weighted by Gasteiger charge is 2.14. The van der Waals surface area contributed by atoms with Gasteiger partial charge in [-0.2, -0.15) is 0 Å². The van der Waals surface area contributed by atoms with Crippen LogP contribution in [0.2, 0.25) is 0 Å². The van der Waals surface area contributed by atoms with Crippen LogP contribution in [-0.4, -0.2) is 15.0 Å². The number of fused-ring (bicyclic) bond motifs is 1. The fraction of sp³-hybridized carbons (Fsp3) is 0.0556. The Labute approximate surface area is 136 Å². The molecule has 0 unspecified atom stereocenters. The normalized spacial score (nSPS) is 11.0. The second kappa shape index (κ2) is 5.52. The molecule has 5 heteroatoms. The van der Waals surface area contributed by atoms with Gasteiger partial charge in [-0.05, 0) is 36.8 Å². The average molecular weight is 321 g/mol. The van der Waals surface area contributed by atoms with Gasteiger partial charge in [0.25, 0.3) is 0 Å². The smallest absolute Gasteiger partial charge is 0.123 e. The highest BCUT2D eigenvalue weighted by Crippen LogP contribution is 2.37. The van der Waals surface area contributed by atoms with Crippen molar-refractivity contribution in [3.05, 3.63) is 65.7 Å². The van der Waals surface area contributed by atoms with Gasteiger partial charge in [-0.3, -0.25) is 9.97 Å². The maximum absolute atomic E-state index is 13.6. The van der Waals surface area contributed by atoms with Crippen LogP contribution in [0.15, 0.2) is 54.9 Å². The fourth-order valence-electron chi connectivity index (χ4n) is 2.56. The Balaban J connectivity index is 1.91. The molecule has 23 heavy (non-hydrogen) atoms. The Morgan fingerprint density at radius 2 is 1.74 bits per heavy atom. The summed E-state index contributed by atoms with van der Waals surface area (Å²) in [6.45, 7) is 1.96. The van der Waals surface area contributed by atoms with Gasteiger partial charge in [0.15, 0.2) is 0 Å². The van der Waals surface area contributed by atoms with Crippen molar-refractivity contribution >= 4 is 22.4 Å². The van der Waals surface area contributed by atoms with E-state index in [0.29, 0.717) is 0 Å². The van der Waals surface area contributed by atoms with Crippen LogP contribution >= 0.6 is 11.3 Å². The number of aryl methyl sites for hydroxylation is 1. The summed E-state index contributed by atoms with van der Waals surface area (Å²) in [7, 11) is 0. The molecule has 0 spiro atoms. The molecule has 0 aliphatic rings. The maximum atomic E-state index is 13.6. The van der Waals surface area contributed by atoms with Crippen molar-refractivity contribution in [3.63, 3.8) is 0 Å². The molecular formula is C18H12FN3S. The molecule has 2 aromatic heterocycles. The number of thiazole rings is 1. The van der Waals surface area contributed by atoms with Crippen LogP contribution in [0.4, 0.5) is 4.39 Å². The Morgan fingerprint density at radius 3 is 2.57 bits per heavy atom. The SMILES string of the molecule is Cc1nc(-c2cccc(F)c2)c(-c2ccc3nccnc3c2)s1. The van der Waals surface area contributed by atoms with Gasteiger partial charge >= 0.3 is 0 Å². The fourth-order valence-corrected chi connectivity index (χ4v) is 3.50. The minimum absolute atomic E-state index is 0.261. The number of halogens is 1.